The van der Waals surface area contributed by atoms with Gasteiger partial charge < -0.3 is 5.32 Å². The molecule has 0 aliphatic heterocycles. The highest BCUT2D eigenvalue weighted by Crippen LogP contribution is 2.19. The fourth-order valence-electron chi connectivity index (χ4n) is 3.21. The van der Waals surface area contributed by atoms with E-state index in [-0.39, 0.29) is 5.91 Å². The van der Waals surface area contributed by atoms with Crippen molar-refractivity contribution in [3.05, 3.63) is 77.7 Å². The summed E-state index contributed by atoms with van der Waals surface area (Å²) in [5.74, 6) is 0.339. The second kappa shape index (κ2) is 7.07. The number of rotatable bonds is 5. The fraction of sp³-hybridized carbons (Fsp3) is 0.190. The molecule has 0 saturated heterocycles. The van der Waals surface area contributed by atoms with Gasteiger partial charge in [-0.3, -0.25) is 14.2 Å². The molecular weight excluding hydrogens is 338 g/mol. The summed E-state index contributed by atoms with van der Waals surface area (Å²) in [6.07, 6.45) is 3.64. The molecule has 4 rings (SSSR count). The first-order valence-electron chi connectivity index (χ1n) is 8.99. The van der Waals surface area contributed by atoms with Crippen molar-refractivity contribution in [2.24, 2.45) is 0 Å². The molecule has 0 fully saturated rings. The number of nitrogens with one attached hydrogen (secondary N) is 1. The van der Waals surface area contributed by atoms with E-state index in [1.54, 1.807) is 10.9 Å². The third-order valence-electron chi connectivity index (χ3n) is 4.61. The van der Waals surface area contributed by atoms with Crippen molar-refractivity contribution in [2.45, 2.75) is 26.9 Å². The molecule has 0 aliphatic rings. The molecule has 6 heteroatoms. The van der Waals surface area contributed by atoms with Crippen molar-refractivity contribution in [3.8, 4) is 0 Å². The van der Waals surface area contributed by atoms with Crippen LogP contribution in [0.3, 0.4) is 0 Å². The maximum Gasteiger partial charge on any atom is 0.260 e. The smallest absolute Gasteiger partial charge is 0.260 e. The van der Waals surface area contributed by atoms with Gasteiger partial charge in [0, 0.05) is 25.0 Å². The summed E-state index contributed by atoms with van der Waals surface area (Å²) in [5.41, 5.74) is 2.47. The molecule has 1 amide bonds. The van der Waals surface area contributed by atoms with Crippen LogP contribution in [0.25, 0.3) is 10.8 Å². The molecule has 4 aromatic rings. The summed E-state index contributed by atoms with van der Waals surface area (Å²) >= 11 is 0. The van der Waals surface area contributed by atoms with E-state index in [1.165, 1.54) is 16.3 Å². The molecule has 136 valence electrons. The Balaban J connectivity index is 1.51. The van der Waals surface area contributed by atoms with E-state index in [2.05, 4.69) is 45.8 Å². The van der Waals surface area contributed by atoms with Gasteiger partial charge in [0.25, 0.3) is 5.91 Å². The monoisotopic (exact) mass is 359 g/mol. The van der Waals surface area contributed by atoms with Crippen molar-refractivity contribution < 1.29 is 4.79 Å². The lowest BCUT2D eigenvalue weighted by molar-refractivity contribution is 0.102. The largest absolute Gasteiger partial charge is 0.305 e. The molecule has 2 aromatic carbocycles. The lowest BCUT2D eigenvalue weighted by Crippen LogP contribution is -2.13. The molecule has 0 spiro atoms. The molecule has 0 unspecified atom stereocenters. The second-order valence-corrected chi connectivity index (χ2v) is 6.47. The number of fused-ring (bicyclic) bond motifs is 1. The number of benzene rings is 2. The van der Waals surface area contributed by atoms with Gasteiger partial charge in [0.15, 0.2) is 5.82 Å². The summed E-state index contributed by atoms with van der Waals surface area (Å²) in [6.45, 7) is 5.20. The van der Waals surface area contributed by atoms with Gasteiger partial charge in [-0.15, -0.1) is 0 Å². The Morgan fingerprint density at radius 1 is 1.04 bits per heavy atom. The van der Waals surface area contributed by atoms with E-state index in [1.807, 2.05) is 42.9 Å². The summed E-state index contributed by atoms with van der Waals surface area (Å²) in [5, 5.41) is 14.1. The topological polar surface area (TPSA) is 64.7 Å². The van der Waals surface area contributed by atoms with Gasteiger partial charge in [-0.05, 0) is 30.2 Å². The van der Waals surface area contributed by atoms with Crippen LogP contribution in [0.4, 0.5) is 5.82 Å². The quantitative estimate of drug-likeness (QED) is 0.588. The van der Waals surface area contributed by atoms with Gasteiger partial charge in [-0.25, -0.2) is 0 Å². The Hall–Kier alpha value is -3.41. The molecule has 1 N–H and O–H groups in total. The first kappa shape index (κ1) is 17.0. The highest BCUT2D eigenvalue weighted by atomic mass is 16.1. The van der Waals surface area contributed by atoms with Crippen LogP contribution in [0, 0.1) is 6.92 Å². The lowest BCUT2D eigenvalue weighted by Gasteiger charge is -2.07. The maximum absolute atomic E-state index is 12.5. The lowest BCUT2D eigenvalue weighted by atomic mass is 10.0. The first-order chi connectivity index (χ1) is 13.1. The highest BCUT2D eigenvalue weighted by molar-refractivity contribution is 6.04. The molecule has 0 bridgehead atoms. The maximum atomic E-state index is 12.5. The van der Waals surface area contributed by atoms with E-state index in [9.17, 15) is 4.79 Å². The minimum Gasteiger partial charge on any atom is -0.305 e. The van der Waals surface area contributed by atoms with Gasteiger partial charge in [0.05, 0.1) is 17.8 Å². The van der Waals surface area contributed by atoms with Gasteiger partial charge in [-0.2, -0.15) is 10.2 Å². The van der Waals surface area contributed by atoms with Crippen LogP contribution in [0.15, 0.2) is 60.9 Å². The number of aryl methyl sites for hydroxylation is 2. The number of amides is 1. The third-order valence-corrected chi connectivity index (χ3v) is 4.61. The van der Waals surface area contributed by atoms with E-state index >= 15 is 0 Å². The number of hydrogen-bond acceptors (Lipinski definition) is 3. The zero-order chi connectivity index (χ0) is 18.8. The fourth-order valence-corrected chi connectivity index (χ4v) is 3.21. The highest BCUT2D eigenvalue weighted by Gasteiger charge is 2.14. The van der Waals surface area contributed by atoms with Crippen LogP contribution in [0.2, 0.25) is 0 Å². The Kier molecular flexibility index (Phi) is 4.46. The summed E-state index contributed by atoms with van der Waals surface area (Å²) in [7, 11) is 0. The first-order valence-corrected chi connectivity index (χ1v) is 8.99. The Morgan fingerprint density at radius 2 is 1.85 bits per heavy atom. The average molecular weight is 359 g/mol. The normalized spacial score (nSPS) is 11.0. The summed E-state index contributed by atoms with van der Waals surface area (Å²) in [6, 6.07) is 16.4. The summed E-state index contributed by atoms with van der Waals surface area (Å²) < 4.78 is 3.59. The predicted molar refractivity (Wildman–Crippen MR) is 106 cm³/mol. The Bertz CT molecular complexity index is 1100. The molecule has 2 heterocycles. The number of carbonyl (C=O) groups excluding carboxylic acids is 1. The number of nitrogens with zero attached hydrogens (tertiary/aromatic N) is 4. The molecule has 0 atom stereocenters. The molecule has 0 radical (unpaired) electrons. The van der Waals surface area contributed by atoms with Gasteiger partial charge in [0.2, 0.25) is 0 Å². The van der Waals surface area contributed by atoms with Gasteiger partial charge in [0.1, 0.15) is 0 Å². The molecule has 27 heavy (non-hydrogen) atoms. The van der Waals surface area contributed by atoms with Crippen LogP contribution in [-0.4, -0.2) is 25.5 Å². The Morgan fingerprint density at radius 3 is 2.67 bits per heavy atom. The minimum atomic E-state index is -0.192. The van der Waals surface area contributed by atoms with E-state index in [0.29, 0.717) is 23.6 Å². The zero-order valence-corrected chi connectivity index (χ0v) is 15.4. The predicted octanol–water partition coefficient (Wildman–Crippen LogP) is 3.86. The average Bonchev–Trinajstić information content (AvgIpc) is 3.28. The van der Waals surface area contributed by atoms with Crippen molar-refractivity contribution in [2.75, 3.05) is 5.32 Å². The molecule has 2 aromatic heterocycles. The molecule has 0 saturated carbocycles. The van der Waals surface area contributed by atoms with E-state index in [0.717, 1.165) is 6.54 Å². The molecule has 0 aliphatic carbocycles. The van der Waals surface area contributed by atoms with Crippen LogP contribution >= 0.6 is 0 Å². The van der Waals surface area contributed by atoms with Crippen molar-refractivity contribution in [1.82, 2.24) is 19.6 Å². The van der Waals surface area contributed by atoms with Crippen LogP contribution in [0.1, 0.15) is 28.5 Å². The summed E-state index contributed by atoms with van der Waals surface area (Å²) in [4.78, 5) is 12.5. The van der Waals surface area contributed by atoms with Gasteiger partial charge in [-0.1, -0.05) is 42.5 Å². The Labute approximate surface area is 157 Å². The SMILES string of the molecule is CCn1cc(C(=O)Nc2ccn(Cc3cccc4ccccc34)n2)c(C)n1. The minimum absolute atomic E-state index is 0.192. The van der Waals surface area contributed by atoms with Crippen molar-refractivity contribution in [1.29, 1.82) is 0 Å². The van der Waals surface area contributed by atoms with Crippen molar-refractivity contribution >= 4 is 22.5 Å². The van der Waals surface area contributed by atoms with Gasteiger partial charge >= 0.3 is 0 Å². The van der Waals surface area contributed by atoms with Crippen LogP contribution in [-0.2, 0) is 13.1 Å². The van der Waals surface area contributed by atoms with Crippen LogP contribution < -0.4 is 5.32 Å². The zero-order valence-electron chi connectivity index (χ0n) is 15.4. The number of hydrogen-bond donors (Lipinski definition) is 1. The second-order valence-electron chi connectivity index (χ2n) is 6.47. The van der Waals surface area contributed by atoms with E-state index in [4.69, 9.17) is 0 Å². The van der Waals surface area contributed by atoms with E-state index < -0.39 is 0 Å². The molecule has 6 nitrogen and oxygen atoms in total. The number of carbonyl (C=O) groups is 1. The molecular formula is C21H21N5O. The van der Waals surface area contributed by atoms with Crippen molar-refractivity contribution in [3.63, 3.8) is 0 Å². The standard InChI is InChI=1S/C21H21N5O/c1-3-25-14-19(15(2)23-25)21(27)22-20-11-12-26(24-20)13-17-9-6-8-16-7-4-5-10-18(16)17/h4-12,14H,3,13H2,1-2H3,(H,22,24,27). The van der Waals surface area contributed by atoms with Crippen LogP contribution in [0.5, 0.6) is 0 Å². The third kappa shape index (κ3) is 3.46. The number of aromatic nitrogens is 4. The number of anilines is 1.